The first kappa shape index (κ1) is 22.7. The van der Waals surface area contributed by atoms with Crippen LogP contribution >= 0.6 is 0 Å². The minimum Gasteiger partial charge on any atom is -0.478 e. The van der Waals surface area contributed by atoms with Gasteiger partial charge < -0.3 is 20.6 Å². The number of rotatable bonds is 7. The van der Waals surface area contributed by atoms with E-state index in [0.717, 1.165) is 10.8 Å². The Morgan fingerprint density at radius 2 is 1.84 bits per heavy atom. The van der Waals surface area contributed by atoms with E-state index in [1.54, 1.807) is 19.1 Å². The second-order valence-electron chi connectivity index (χ2n) is 7.46. The maximum Gasteiger partial charge on any atom is 0.330 e. The van der Waals surface area contributed by atoms with Gasteiger partial charge in [-0.05, 0) is 36.6 Å². The number of aliphatic carboxylic acids is 1. The van der Waals surface area contributed by atoms with Crippen molar-refractivity contribution in [3.05, 3.63) is 59.8 Å². The number of amides is 3. The van der Waals surface area contributed by atoms with E-state index in [9.17, 15) is 24.0 Å². The van der Waals surface area contributed by atoms with Gasteiger partial charge in [-0.3, -0.25) is 19.2 Å². The Hall–Kier alpha value is -4.01. The van der Waals surface area contributed by atoms with Crippen molar-refractivity contribution in [2.24, 2.45) is 0 Å². The summed E-state index contributed by atoms with van der Waals surface area (Å²) in [5.41, 5.74) is 0.0343. The van der Waals surface area contributed by atoms with Crippen molar-refractivity contribution in [1.82, 2.24) is 15.5 Å². The highest BCUT2D eigenvalue weighted by molar-refractivity contribution is 6.08. The Morgan fingerprint density at radius 3 is 2.56 bits per heavy atom. The first-order valence-corrected chi connectivity index (χ1v) is 10.1. The van der Waals surface area contributed by atoms with Crippen LogP contribution in [0.25, 0.3) is 10.8 Å². The van der Waals surface area contributed by atoms with Gasteiger partial charge >= 0.3 is 5.97 Å². The first-order chi connectivity index (χ1) is 15.3. The van der Waals surface area contributed by atoms with Gasteiger partial charge in [0.1, 0.15) is 12.1 Å². The molecule has 32 heavy (non-hydrogen) atoms. The molecule has 1 aliphatic heterocycles. The number of nitrogens with zero attached hydrogens (tertiary/aromatic N) is 1. The van der Waals surface area contributed by atoms with E-state index >= 15 is 0 Å². The summed E-state index contributed by atoms with van der Waals surface area (Å²) in [4.78, 5) is 61.4. The summed E-state index contributed by atoms with van der Waals surface area (Å²) in [6.45, 7) is 1.85. The fourth-order valence-electron chi connectivity index (χ4n) is 3.77. The molecule has 166 valence electrons. The van der Waals surface area contributed by atoms with Crippen molar-refractivity contribution in [3.63, 3.8) is 0 Å². The third-order valence-electron chi connectivity index (χ3n) is 5.26. The maximum absolute atomic E-state index is 13.0. The molecule has 2 atom stereocenters. The molecule has 9 heteroatoms. The number of hydrogen-bond donors (Lipinski definition) is 3. The number of likely N-dealkylation sites (tertiary alicyclic amines) is 1. The molecule has 0 radical (unpaired) electrons. The first-order valence-electron chi connectivity index (χ1n) is 10.1. The summed E-state index contributed by atoms with van der Waals surface area (Å²) in [7, 11) is 0. The zero-order chi connectivity index (χ0) is 23.3. The molecular formula is C23H23N3O6. The SMILES string of the molecule is CC(NC(=O)c1cccc2ccccc12)C(=O)N1CCCC1C(=O)N/C(C=O)=C/C(=O)O. The fourth-order valence-corrected chi connectivity index (χ4v) is 3.77. The number of carbonyl (C=O) groups is 5. The third-order valence-corrected chi connectivity index (χ3v) is 5.26. The standard InChI is InChI=1S/C23H23N3O6/c1-14(24-21(30)18-9-4-7-15-6-2-3-8-17(15)18)23(32)26-11-5-10-19(26)22(31)25-16(13-27)12-20(28)29/h2-4,6-9,12-14,19H,5,10-11H2,1H3,(H,24,30)(H,25,31)(H,28,29)/b16-12+. The maximum atomic E-state index is 13.0. The topological polar surface area (TPSA) is 133 Å². The van der Waals surface area contributed by atoms with Gasteiger partial charge in [-0.2, -0.15) is 0 Å². The van der Waals surface area contributed by atoms with Crippen molar-refractivity contribution in [2.75, 3.05) is 6.54 Å². The zero-order valence-corrected chi connectivity index (χ0v) is 17.4. The van der Waals surface area contributed by atoms with E-state index in [2.05, 4.69) is 10.6 Å². The van der Waals surface area contributed by atoms with Gasteiger partial charge in [0.2, 0.25) is 11.8 Å². The number of aldehydes is 1. The molecule has 1 fully saturated rings. The van der Waals surface area contributed by atoms with Crippen LogP contribution in [-0.2, 0) is 19.2 Å². The summed E-state index contributed by atoms with van der Waals surface area (Å²) in [6, 6.07) is 11.0. The van der Waals surface area contributed by atoms with Gasteiger partial charge in [-0.1, -0.05) is 36.4 Å². The Morgan fingerprint density at radius 1 is 1.12 bits per heavy atom. The molecule has 0 aliphatic carbocycles. The summed E-state index contributed by atoms with van der Waals surface area (Å²) < 4.78 is 0. The summed E-state index contributed by atoms with van der Waals surface area (Å²) >= 11 is 0. The number of carboxylic acid groups (broad SMARTS) is 1. The summed E-state index contributed by atoms with van der Waals surface area (Å²) in [5, 5.41) is 15.4. The largest absolute Gasteiger partial charge is 0.478 e. The number of nitrogens with one attached hydrogen (secondary N) is 2. The van der Waals surface area contributed by atoms with Crippen LogP contribution in [0.15, 0.2) is 54.2 Å². The fraction of sp³-hybridized carbons (Fsp3) is 0.261. The minimum absolute atomic E-state index is 0.222. The predicted octanol–water partition coefficient (Wildman–Crippen LogP) is 1.23. The van der Waals surface area contributed by atoms with E-state index < -0.39 is 41.5 Å². The van der Waals surface area contributed by atoms with Crippen LogP contribution in [0.5, 0.6) is 0 Å². The second-order valence-corrected chi connectivity index (χ2v) is 7.46. The highest BCUT2D eigenvalue weighted by atomic mass is 16.4. The van der Waals surface area contributed by atoms with Crippen LogP contribution in [0, 0.1) is 0 Å². The normalized spacial score (nSPS) is 17.0. The van der Waals surface area contributed by atoms with E-state index in [1.165, 1.54) is 4.90 Å². The number of fused-ring (bicyclic) bond motifs is 1. The van der Waals surface area contributed by atoms with Crippen molar-refractivity contribution >= 4 is 40.7 Å². The molecule has 9 nitrogen and oxygen atoms in total. The Bertz CT molecular complexity index is 1100. The molecule has 1 saturated heterocycles. The molecule has 0 spiro atoms. The molecule has 3 amide bonds. The van der Waals surface area contributed by atoms with Crippen molar-refractivity contribution in [3.8, 4) is 0 Å². The molecule has 0 aromatic heterocycles. The number of allylic oxidation sites excluding steroid dienone is 1. The molecule has 3 rings (SSSR count). The monoisotopic (exact) mass is 437 g/mol. The average molecular weight is 437 g/mol. The van der Waals surface area contributed by atoms with Gasteiger partial charge in [0.15, 0.2) is 6.29 Å². The lowest BCUT2D eigenvalue weighted by atomic mass is 10.0. The third kappa shape index (κ3) is 5.00. The predicted molar refractivity (Wildman–Crippen MR) is 116 cm³/mol. The van der Waals surface area contributed by atoms with Gasteiger partial charge in [0.25, 0.3) is 5.91 Å². The van der Waals surface area contributed by atoms with Crippen LogP contribution in [-0.4, -0.2) is 58.6 Å². The van der Waals surface area contributed by atoms with E-state index in [0.29, 0.717) is 31.0 Å². The molecule has 2 aromatic rings. The highest BCUT2D eigenvalue weighted by Gasteiger charge is 2.36. The van der Waals surface area contributed by atoms with E-state index in [4.69, 9.17) is 5.11 Å². The van der Waals surface area contributed by atoms with Gasteiger partial charge in [0, 0.05) is 12.1 Å². The second kappa shape index (κ2) is 9.86. The van der Waals surface area contributed by atoms with Gasteiger partial charge in [-0.15, -0.1) is 0 Å². The summed E-state index contributed by atoms with van der Waals surface area (Å²) in [5.74, 6) is -2.87. The van der Waals surface area contributed by atoms with Crippen LogP contribution in [0.4, 0.5) is 0 Å². The van der Waals surface area contributed by atoms with Crippen molar-refractivity contribution < 1.29 is 29.1 Å². The lowest BCUT2D eigenvalue weighted by molar-refractivity contribution is -0.139. The van der Waals surface area contributed by atoms with Crippen LogP contribution in [0.3, 0.4) is 0 Å². The minimum atomic E-state index is -1.38. The average Bonchev–Trinajstić information content (AvgIpc) is 3.27. The number of hydrogen-bond acceptors (Lipinski definition) is 5. The zero-order valence-electron chi connectivity index (χ0n) is 17.4. The van der Waals surface area contributed by atoms with Crippen LogP contribution < -0.4 is 10.6 Å². The van der Waals surface area contributed by atoms with Crippen molar-refractivity contribution in [2.45, 2.75) is 31.8 Å². The Labute approximate surface area is 184 Å². The lowest BCUT2D eigenvalue weighted by Gasteiger charge is -2.27. The number of carbonyl (C=O) groups excluding carboxylic acids is 4. The molecule has 1 aliphatic rings. The van der Waals surface area contributed by atoms with Crippen LogP contribution in [0.2, 0.25) is 0 Å². The molecule has 0 bridgehead atoms. The van der Waals surface area contributed by atoms with Gasteiger partial charge in [0.05, 0.1) is 11.8 Å². The van der Waals surface area contributed by atoms with E-state index in [1.807, 2.05) is 30.3 Å². The lowest BCUT2D eigenvalue weighted by Crippen LogP contribution is -2.52. The number of benzene rings is 2. The molecule has 1 heterocycles. The summed E-state index contributed by atoms with van der Waals surface area (Å²) in [6.07, 6.45) is 1.73. The molecule has 2 aromatic carbocycles. The molecule has 0 saturated carbocycles. The quantitative estimate of drug-likeness (QED) is 0.441. The molecule has 3 N–H and O–H groups in total. The van der Waals surface area contributed by atoms with Crippen LogP contribution in [0.1, 0.15) is 30.1 Å². The Balaban J connectivity index is 1.70. The van der Waals surface area contributed by atoms with Crippen molar-refractivity contribution in [1.29, 1.82) is 0 Å². The number of carboxylic acids is 1. The van der Waals surface area contributed by atoms with Gasteiger partial charge in [-0.25, -0.2) is 4.79 Å². The molecular weight excluding hydrogens is 414 g/mol. The highest BCUT2D eigenvalue weighted by Crippen LogP contribution is 2.21. The molecule has 2 unspecified atom stereocenters. The Kier molecular flexibility index (Phi) is 6.99. The smallest absolute Gasteiger partial charge is 0.330 e. The van der Waals surface area contributed by atoms with E-state index in [-0.39, 0.29) is 6.29 Å².